The van der Waals surface area contributed by atoms with Crippen molar-refractivity contribution in [2.24, 2.45) is 11.6 Å². The van der Waals surface area contributed by atoms with E-state index < -0.39 is 6.09 Å². The van der Waals surface area contributed by atoms with Crippen molar-refractivity contribution in [2.45, 2.75) is 6.92 Å². The van der Waals surface area contributed by atoms with E-state index >= 15 is 0 Å². The van der Waals surface area contributed by atoms with Crippen molar-refractivity contribution < 1.29 is 9.53 Å². The highest BCUT2D eigenvalue weighted by Gasteiger charge is 2.09. The number of carbonyl (C=O) groups is 1. The van der Waals surface area contributed by atoms with Crippen LogP contribution in [0.2, 0.25) is 0 Å². The maximum absolute atomic E-state index is 10.4. The van der Waals surface area contributed by atoms with Crippen LogP contribution in [0.3, 0.4) is 0 Å². The summed E-state index contributed by atoms with van der Waals surface area (Å²) in [6.45, 7) is 2.55. The van der Waals surface area contributed by atoms with Crippen LogP contribution in [0, 0.1) is 6.92 Å². The second kappa shape index (κ2) is 5.67. The quantitative estimate of drug-likeness (QED) is 0.362. The number of aromatic nitrogens is 2. The van der Waals surface area contributed by atoms with Crippen molar-refractivity contribution in [3.63, 3.8) is 0 Å². The van der Waals surface area contributed by atoms with Crippen molar-refractivity contribution in [3.05, 3.63) is 10.9 Å². The summed E-state index contributed by atoms with van der Waals surface area (Å²) in [4.78, 5) is 20.9. The molecule has 0 aliphatic carbocycles. The molecule has 8 nitrogen and oxygen atoms in total. The normalized spacial score (nSPS) is 10.4. The van der Waals surface area contributed by atoms with Gasteiger partial charge < -0.3 is 15.8 Å². The van der Waals surface area contributed by atoms with Crippen LogP contribution < -0.4 is 22.3 Å². The molecule has 0 atom stereocenters. The predicted octanol–water partition coefficient (Wildman–Crippen LogP) is 0.793. The third kappa shape index (κ3) is 3.20. The second-order valence-corrected chi connectivity index (χ2v) is 4.95. The molecule has 102 valence electrons. The smallest absolute Gasteiger partial charge is 0.404 e. The number of ether oxygens (including phenoxy) is 1. The zero-order chi connectivity index (χ0) is 13.8. The monoisotopic (exact) mass is 282 g/mol. The van der Waals surface area contributed by atoms with Crippen LogP contribution in [0.25, 0.3) is 10.2 Å². The molecule has 0 radical (unpaired) electrons. The van der Waals surface area contributed by atoms with E-state index in [9.17, 15) is 4.79 Å². The Hall–Kier alpha value is -2.13. The summed E-state index contributed by atoms with van der Waals surface area (Å²) >= 11 is 1.55. The van der Waals surface area contributed by atoms with Gasteiger partial charge in [-0.2, -0.15) is 4.98 Å². The van der Waals surface area contributed by atoms with Crippen molar-refractivity contribution in [1.29, 1.82) is 0 Å². The number of fused-ring (bicyclic) bond motifs is 1. The van der Waals surface area contributed by atoms with Gasteiger partial charge in [0.25, 0.3) is 0 Å². The molecule has 9 heteroatoms. The Morgan fingerprint density at radius 3 is 3.00 bits per heavy atom. The Morgan fingerprint density at radius 2 is 2.32 bits per heavy atom. The molecule has 0 unspecified atom stereocenters. The first-order chi connectivity index (χ1) is 9.10. The van der Waals surface area contributed by atoms with Crippen LogP contribution in [0.4, 0.5) is 16.6 Å². The summed E-state index contributed by atoms with van der Waals surface area (Å²) in [5, 5.41) is 3.96. The Kier molecular flexibility index (Phi) is 3.97. The summed E-state index contributed by atoms with van der Waals surface area (Å²) in [7, 11) is 0. The Labute approximate surface area is 113 Å². The molecule has 1 amide bonds. The van der Waals surface area contributed by atoms with Crippen LogP contribution in [0.1, 0.15) is 4.88 Å². The zero-order valence-corrected chi connectivity index (χ0v) is 11.1. The number of rotatable bonds is 5. The Bertz CT molecular complexity index is 599. The molecule has 0 fully saturated rings. The molecule has 2 aromatic heterocycles. The summed E-state index contributed by atoms with van der Waals surface area (Å²) in [5.74, 6) is 6.29. The molecule has 0 spiro atoms. The highest BCUT2D eigenvalue weighted by molar-refractivity contribution is 7.18. The number of nitrogen functional groups attached to an aromatic ring is 1. The van der Waals surface area contributed by atoms with Gasteiger partial charge in [0.1, 0.15) is 17.3 Å². The highest BCUT2D eigenvalue weighted by Crippen LogP contribution is 2.29. The standard InChI is InChI=1S/C10H14N6O2S/c1-5-4-6-7(13-2-3-18-9(11)17)14-10(16-12)15-8(6)19-5/h4H,2-3,12H2,1H3,(H2,11,17)(H2,13,14,15,16). The van der Waals surface area contributed by atoms with Gasteiger partial charge in [0, 0.05) is 4.88 Å². The van der Waals surface area contributed by atoms with E-state index in [1.807, 2.05) is 13.0 Å². The number of hydrogen-bond acceptors (Lipinski definition) is 8. The lowest BCUT2D eigenvalue weighted by Gasteiger charge is -2.08. The fraction of sp³-hybridized carbons (Fsp3) is 0.300. The van der Waals surface area contributed by atoms with Crippen LogP contribution in [0.5, 0.6) is 0 Å². The summed E-state index contributed by atoms with van der Waals surface area (Å²) < 4.78 is 4.63. The van der Waals surface area contributed by atoms with E-state index in [2.05, 4.69) is 25.4 Å². The van der Waals surface area contributed by atoms with Crippen LogP contribution >= 0.6 is 11.3 Å². The first-order valence-corrected chi connectivity index (χ1v) is 6.32. The molecule has 2 heterocycles. The third-order valence-electron chi connectivity index (χ3n) is 2.28. The summed E-state index contributed by atoms with van der Waals surface area (Å²) in [5.41, 5.74) is 7.29. The molecule has 0 bridgehead atoms. The van der Waals surface area contributed by atoms with Gasteiger partial charge in [-0.25, -0.2) is 15.6 Å². The molecule has 0 aliphatic rings. The van der Waals surface area contributed by atoms with E-state index in [1.54, 1.807) is 11.3 Å². The third-order valence-corrected chi connectivity index (χ3v) is 3.23. The number of anilines is 2. The van der Waals surface area contributed by atoms with Crippen LogP contribution in [-0.4, -0.2) is 29.2 Å². The summed E-state index contributed by atoms with van der Waals surface area (Å²) in [6, 6.07) is 1.98. The van der Waals surface area contributed by atoms with E-state index in [0.717, 1.165) is 15.1 Å². The second-order valence-electron chi connectivity index (χ2n) is 3.71. The minimum absolute atomic E-state index is 0.162. The first-order valence-electron chi connectivity index (χ1n) is 5.51. The van der Waals surface area contributed by atoms with E-state index in [1.165, 1.54) is 0 Å². The fourth-order valence-electron chi connectivity index (χ4n) is 1.56. The minimum Gasteiger partial charge on any atom is -0.448 e. The lowest BCUT2D eigenvalue weighted by molar-refractivity contribution is 0.161. The number of primary amides is 1. The number of amides is 1. The number of hydrogen-bond donors (Lipinski definition) is 4. The fourth-order valence-corrected chi connectivity index (χ4v) is 2.44. The van der Waals surface area contributed by atoms with Gasteiger partial charge in [-0.1, -0.05) is 0 Å². The lowest BCUT2D eigenvalue weighted by atomic mass is 10.3. The average Bonchev–Trinajstić information content (AvgIpc) is 2.74. The number of thiophene rings is 1. The maximum Gasteiger partial charge on any atom is 0.404 e. The van der Waals surface area contributed by atoms with Gasteiger partial charge in [-0.15, -0.1) is 11.3 Å². The molecular weight excluding hydrogens is 268 g/mol. The number of hydrazine groups is 1. The average molecular weight is 282 g/mol. The number of nitrogens with one attached hydrogen (secondary N) is 2. The molecular formula is C10H14N6O2S. The van der Waals surface area contributed by atoms with Crippen LogP contribution in [-0.2, 0) is 4.74 Å². The molecule has 0 saturated carbocycles. The van der Waals surface area contributed by atoms with Crippen molar-refractivity contribution in [1.82, 2.24) is 9.97 Å². The number of carbonyl (C=O) groups excluding carboxylic acids is 1. The van der Waals surface area contributed by atoms with E-state index in [4.69, 9.17) is 11.6 Å². The molecule has 6 N–H and O–H groups in total. The predicted molar refractivity (Wildman–Crippen MR) is 74.0 cm³/mol. The maximum atomic E-state index is 10.4. The van der Waals surface area contributed by atoms with Gasteiger partial charge >= 0.3 is 6.09 Å². The highest BCUT2D eigenvalue weighted by atomic mass is 32.1. The summed E-state index contributed by atoms with van der Waals surface area (Å²) in [6.07, 6.45) is -0.801. The molecule has 0 aliphatic heterocycles. The van der Waals surface area contributed by atoms with Crippen LogP contribution in [0.15, 0.2) is 6.07 Å². The minimum atomic E-state index is -0.801. The SMILES string of the molecule is Cc1cc2c(NCCOC(N)=O)nc(NN)nc2s1. The van der Waals surface area contributed by atoms with Gasteiger partial charge in [-0.3, -0.25) is 5.43 Å². The number of nitrogens with zero attached hydrogens (tertiary/aromatic N) is 2. The molecule has 0 saturated heterocycles. The van der Waals surface area contributed by atoms with Gasteiger partial charge in [-0.05, 0) is 13.0 Å². The topological polar surface area (TPSA) is 128 Å². The van der Waals surface area contributed by atoms with Gasteiger partial charge in [0.2, 0.25) is 5.95 Å². The van der Waals surface area contributed by atoms with Crippen molar-refractivity contribution >= 4 is 39.4 Å². The first kappa shape index (κ1) is 13.3. The molecule has 2 rings (SSSR count). The zero-order valence-electron chi connectivity index (χ0n) is 10.3. The van der Waals surface area contributed by atoms with E-state index in [0.29, 0.717) is 18.3 Å². The van der Waals surface area contributed by atoms with Gasteiger partial charge in [0.15, 0.2) is 0 Å². The number of aryl methyl sites for hydroxylation is 1. The Balaban J connectivity index is 2.17. The van der Waals surface area contributed by atoms with Crippen molar-refractivity contribution in [2.75, 3.05) is 23.9 Å². The lowest BCUT2D eigenvalue weighted by Crippen LogP contribution is -2.19. The molecule has 0 aromatic carbocycles. The van der Waals surface area contributed by atoms with E-state index in [-0.39, 0.29) is 6.61 Å². The number of nitrogens with two attached hydrogens (primary N) is 2. The van der Waals surface area contributed by atoms with Gasteiger partial charge in [0.05, 0.1) is 11.9 Å². The molecule has 19 heavy (non-hydrogen) atoms. The Morgan fingerprint density at radius 1 is 1.53 bits per heavy atom. The molecule has 2 aromatic rings. The largest absolute Gasteiger partial charge is 0.448 e. The van der Waals surface area contributed by atoms with Crippen molar-refractivity contribution in [3.8, 4) is 0 Å².